The van der Waals surface area contributed by atoms with Crippen molar-refractivity contribution in [2.45, 2.75) is 58.7 Å². The molecule has 1 saturated heterocycles. The summed E-state index contributed by atoms with van der Waals surface area (Å²) in [4.78, 5) is 17.6. The molecule has 0 aromatic carbocycles. The summed E-state index contributed by atoms with van der Waals surface area (Å²) in [6, 6.07) is 0. The molecule has 7 nitrogen and oxygen atoms in total. The van der Waals surface area contributed by atoms with Gasteiger partial charge in [-0.3, -0.25) is 0 Å². The highest BCUT2D eigenvalue weighted by molar-refractivity contribution is 7.25. The average Bonchev–Trinajstić information content (AvgIpc) is 3.15. The lowest BCUT2D eigenvalue weighted by Crippen LogP contribution is -2.39. The number of ether oxygens (including phenoxy) is 3. The first-order chi connectivity index (χ1) is 15.1. The third-order valence-corrected chi connectivity index (χ3v) is 7.13. The van der Waals surface area contributed by atoms with Crippen LogP contribution in [0.5, 0.6) is 5.88 Å². The second-order valence-electron chi connectivity index (χ2n) is 8.91. The monoisotopic (exact) mass is 442 g/mol. The van der Waals surface area contributed by atoms with Gasteiger partial charge in [-0.25, -0.2) is 15.0 Å². The van der Waals surface area contributed by atoms with Crippen LogP contribution in [-0.2, 0) is 22.5 Å². The number of pyridine rings is 1. The Labute approximate surface area is 186 Å². The number of nitrogens with zero attached hydrogens (tertiary/aromatic N) is 4. The molecule has 5 heterocycles. The summed E-state index contributed by atoms with van der Waals surface area (Å²) in [5.74, 6) is 1.71. The molecule has 0 radical (unpaired) electrons. The van der Waals surface area contributed by atoms with Crippen molar-refractivity contribution >= 4 is 37.6 Å². The lowest BCUT2D eigenvalue weighted by Gasteiger charge is -2.36. The highest BCUT2D eigenvalue weighted by Gasteiger charge is 2.33. The molecule has 0 N–H and O–H groups in total. The molecule has 0 saturated carbocycles. The molecule has 5 rings (SSSR count). The Morgan fingerprint density at radius 1 is 1.16 bits per heavy atom. The molecule has 3 aromatic heterocycles. The van der Waals surface area contributed by atoms with E-state index in [0.29, 0.717) is 19.1 Å². The van der Waals surface area contributed by atoms with Crippen LogP contribution in [-0.4, -0.2) is 53.5 Å². The Morgan fingerprint density at radius 3 is 2.81 bits per heavy atom. The van der Waals surface area contributed by atoms with Crippen molar-refractivity contribution in [1.82, 2.24) is 15.0 Å². The zero-order valence-electron chi connectivity index (χ0n) is 18.6. The van der Waals surface area contributed by atoms with Crippen LogP contribution in [0.25, 0.3) is 20.4 Å². The predicted molar refractivity (Wildman–Crippen MR) is 123 cm³/mol. The third-order valence-electron chi connectivity index (χ3n) is 6.07. The lowest BCUT2D eigenvalue weighted by atomic mass is 9.90. The number of morpholine rings is 1. The van der Waals surface area contributed by atoms with Gasteiger partial charge in [0.05, 0.1) is 37.5 Å². The molecule has 2 aliphatic heterocycles. The molecule has 0 amide bonds. The van der Waals surface area contributed by atoms with Crippen molar-refractivity contribution in [2.24, 2.45) is 0 Å². The van der Waals surface area contributed by atoms with E-state index in [1.54, 1.807) is 17.7 Å². The van der Waals surface area contributed by atoms with E-state index >= 15 is 0 Å². The second kappa shape index (κ2) is 8.48. The van der Waals surface area contributed by atoms with Crippen molar-refractivity contribution in [2.75, 3.05) is 37.8 Å². The van der Waals surface area contributed by atoms with Crippen LogP contribution >= 0.6 is 11.3 Å². The molecule has 0 bridgehead atoms. The van der Waals surface area contributed by atoms with Gasteiger partial charge in [0.2, 0.25) is 5.88 Å². The van der Waals surface area contributed by atoms with Crippen LogP contribution in [0.2, 0.25) is 0 Å². The molecule has 166 valence electrons. The van der Waals surface area contributed by atoms with Crippen LogP contribution in [0.4, 0.5) is 5.82 Å². The summed E-state index contributed by atoms with van der Waals surface area (Å²) in [5, 5.41) is 1.14. The highest BCUT2D eigenvalue weighted by Crippen LogP contribution is 2.44. The fourth-order valence-corrected chi connectivity index (χ4v) is 5.53. The summed E-state index contributed by atoms with van der Waals surface area (Å²) in [5.41, 5.74) is 3.24. The fourth-order valence-electron chi connectivity index (χ4n) is 4.43. The maximum Gasteiger partial charge on any atom is 0.234 e. The lowest BCUT2D eigenvalue weighted by molar-refractivity contribution is -0.0396. The maximum atomic E-state index is 6.21. The maximum absolute atomic E-state index is 6.21. The smallest absolute Gasteiger partial charge is 0.234 e. The summed E-state index contributed by atoms with van der Waals surface area (Å²) in [6.07, 6.45) is 5.82. The van der Waals surface area contributed by atoms with Crippen molar-refractivity contribution in [3.8, 4) is 5.88 Å². The molecule has 1 fully saturated rings. The summed E-state index contributed by atoms with van der Waals surface area (Å²) < 4.78 is 18.8. The largest absolute Gasteiger partial charge is 0.477 e. The number of anilines is 1. The zero-order chi connectivity index (χ0) is 21.4. The normalized spacial score (nSPS) is 18.5. The van der Waals surface area contributed by atoms with Gasteiger partial charge >= 0.3 is 0 Å². The van der Waals surface area contributed by atoms with Crippen molar-refractivity contribution in [3.63, 3.8) is 0 Å². The van der Waals surface area contributed by atoms with E-state index in [2.05, 4.69) is 35.6 Å². The minimum absolute atomic E-state index is 0.218. The van der Waals surface area contributed by atoms with E-state index < -0.39 is 0 Å². The van der Waals surface area contributed by atoms with E-state index in [0.717, 1.165) is 71.8 Å². The van der Waals surface area contributed by atoms with Crippen molar-refractivity contribution in [1.29, 1.82) is 0 Å². The van der Waals surface area contributed by atoms with Crippen LogP contribution in [0, 0.1) is 0 Å². The Hall–Kier alpha value is -2.03. The second-order valence-corrected chi connectivity index (χ2v) is 9.91. The van der Waals surface area contributed by atoms with Gasteiger partial charge in [-0.2, -0.15) is 0 Å². The van der Waals surface area contributed by atoms with E-state index in [1.165, 1.54) is 17.5 Å². The van der Waals surface area contributed by atoms with Gasteiger partial charge < -0.3 is 19.1 Å². The molecule has 0 atom stereocenters. The minimum Gasteiger partial charge on any atom is -0.477 e. The number of fused-ring (bicyclic) bond motifs is 5. The van der Waals surface area contributed by atoms with Gasteiger partial charge in [-0.15, -0.1) is 11.3 Å². The number of unbranched alkanes of at least 4 members (excludes halogenated alkanes) is 2. The van der Waals surface area contributed by atoms with Gasteiger partial charge in [0.15, 0.2) is 0 Å². The van der Waals surface area contributed by atoms with Crippen LogP contribution < -0.4 is 9.64 Å². The van der Waals surface area contributed by atoms with Gasteiger partial charge in [0.1, 0.15) is 21.7 Å². The molecular formula is C23H30N4O3S. The van der Waals surface area contributed by atoms with E-state index in [1.807, 2.05) is 0 Å². The first-order valence-corrected chi connectivity index (χ1v) is 12.1. The Bertz CT molecular complexity index is 1090. The van der Waals surface area contributed by atoms with Gasteiger partial charge in [0.25, 0.3) is 0 Å². The molecule has 0 spiro atoms. The quantitative estimate of drug-likeness (QED) is 0.521. The van der Waals surface area contributed by atoms with Crippen LogP contribution in [0.1, 0.15) is 51.2 Å². The molecule has 8 heteroatoms. The van der Waals surface area contributed by atoms with Crippen molar-refractivity contribution in [3.05, 3.63) is 17.5 Å². The summed E-state index contributed by atoms with van der Waals surface area (Å²) >= 11 is 1.64. The molecule has 2 aliphatic rings. The molecule has 31 heavy (non-hydrogen) atoms. The highest BCUT2D eigenvalue weighted by atomic mass is 32.1. The van der Waals surface area contributed by atoms with Gasteiger partial charge in [-0.05, 0) is 25.8 Å². The van der Waals surface area contributed by atoms with Crippen LogP contribution in [0.15, 0.2) is 6.33 Å². The number of hydrogen-bond donors (Lipinski definition) is 0. The zero-order valence-corrected chi connectivity index (χ0v) is 19.4. The first-order valence-electron chi connectivity index (χ1n) is 11.3. The molecular weight excluding hydrogens is 412 g/mol. The van der Waals surface area contributed by atoms with Crippen LogP contribution in [0.3, 0.4) is 0 Å². The third kappa shape index (κ3) is 3.97. The van der Waals surface area contributed by atoms with E-state index in [4.69, 9.17) is 19.2 Å². The van der Waals surface area contributed by atoms with Crippen molar-refractivity contribution < 1.29 is 14.2 Å². The average molecular weight is 443 g/mol. The standard InChI is InChI=1S/C23H30N4O3S/c1-4-5-6-9-29-21-19-18(24-14-25-21)17-15-12-23(2,3)30-13-16(15)20(26-22(17)31-19)27-7-10-28-11-8-27/h14H,4-13H2,1-3H3. The molecule has 3 aromatic rings. The number of aromatic nitrogens is 3. The first kappa shape index (κ1) is 20.8. The SMILES string of the molecule is CCCCCOc1ncnc2c1sc1nc(N3CCOCC3)c3c(c12)CC(C)(C)OC3. The predicted octanol–water partition coefficient (Wildman–Crippen LogP) is 4.50. The number of thiophene rings is 1. The Morgan fingerprint density at radius 2 is 2.00 bits per heavy atom. The number of hydrogen-bond acceptors (Lipinski definition) is 8. The number of rotatable bonds is 6. The Kier molecular flexibility index (Phi) is 5.71. The minimum atomic E-state index is -0.218. The van der Waals surface area contributed by atoms with E-state index in [-0.39, 0.29) is 5.60 Å². The molecule has 0 unspecified atom stereocenters. The molecule has 0 aliphatic carbocycles. The van der Waals surface area contributed by atoms with Gasteiger partial charge in [0, 0.05) is 30.5 Å². The fraction of sp³-hybridized carbons (Fsp3) is 0.609. The summed E-state index contributed by atoms with van der Waals surface area (Å²) in [7, 11) is 0. The van der Waals surface area contributed by atoms with Gasteiger partial charge in [-0.1, -0.05) is 19.8 Å². The van der Waals surface area contributed by atoms with E-state index in [9.17, 15) is 0 Å². The topological polar surface area (TPSA) is 69.6 Å². The summed E-state index contributed by atoms with van der Waals surface area (Å²) in [6.45, 7) is 10.9. The Balaban J connectivity index is 1.65.